The van der Waals surface area contributed by atoms with Gasteiger partial charge in [0.2, 0.25) is 0 Å². The molecule has 2 heteroatoms. The van der Waals surface area contributed by atoms with Gasteiger partial charge in [-0.3, -0.25) is 0 Å². The van der Waals surface area contributed by atoms with Crippen molar-refractivity contribution in [3.63, 3.8) is 0 Å². The highest BCUT2D eigenvalue weighted by atomic mass is 16.5. The molecule has 0 bridgehead atoms. The maximum Gasteiger partial charge on any atom is 0.159 e. The van der Waals surface area contributed by atoms with Crippen LogP contribution in [0.4, 0.5) is 5.69 Å². The molecular formula is C12H9NO. The van der Waals surface area contributed by atoms with Gasteiger partial charge < -0.3 is 4.74 Å². The molecule has 1 atom stereocenters. The minimum absolute atomic E-state index is 0.00472. The molecule has 1 unspecified atom stereocenters. The summed E-state index contributed by atoms with van der Waals surface area (Å²) in [5, 5.41) is 0. The van der Waals surface area contributed by atoms with Crippen LogP contribution in [0.5, 0.6) is 5.75 Å². The number of hydrogen-bond acceptors (Lipinski definition) is 2. The molecule has 1 aromatic carbocycles. The Balaban J connectivity index is 2.13. The Kier molecular flexibility index (Phi) is 1.53. The monoisotopic (exact) mass is 183 g/mol. The molecule has 0 amide bonds. The fourth-order valence-electron chi connectivity index (χ4n) is 1.64. The van der Waals surface area contributed by atoms with E-state index in [1.54, 1.807) is 0 Å². The van der Waals surface area contributed by atoms with Crippen LogP contribution in [0.2, 0.25) is 0 Å². The number of hydrogen-bond donors (Lipinski definition) is 0. The second kappa shape index (κ2) is 2.84. The first kappa shape index (κ1) is 7.56. The molecule has 1 aromatic rings. The number of ether oxygens (including phenoxy) is 1. The van der Waals surface area contributed by atoms with Crippen LogP contribution in [0, 0.1) is 0 Å². The molecule has 0 spiro atoms. The van der Waals surface area contributed by atoms with Crippen LogP contribution < -0.4 is 4.74 Å². The Morgan fingerprint density at radius 1 is 1.14 bits per heavy atom. The fraction of sp³-hybridized carbons (Fsp3) is 0.0833. The van der Waals surface area contributed by atoms with Crippen molar-refractivity contribution < 1.29 is 4.74 Å². The van der Waals surface area contributed by atoms with E-state index in [4.69, 9.17) is 4.74 Å². The summed E-state index contributed by atoms with van der Waals surface area (Å²) in [5.74, 6) is 0.862. The summed E-state index contributed by atoms with van der Waals surface area (Å²) in [6.45, 7) is 0. The number of fused-ring (bicyclic) bond motifs is 2. The van der Waals surface area contributed by atoms with Gasteiger partial charge in [0.05, 0.1) is 5.71 Å². The summed E-state index contributed by atoms with van der Waals surface area (Å²) in [6.07, 6.45) is 7.95. The van der Waals surface area contributed by atoms with Crippen molar-refractivity contribution in [2.24, 2.45) is 4.99 Å². The van der Waals surface area contributed by atoms with Gasteiger partial charge in [-0.05, 0) is 24.3 Å². The minimum Gasteiger partial charge on any atom is -0.478 e. The Hall–Kier alpha value is -1.83. The summed E-state index contributed by atoms with van der Waals surface area (Å²) < 4.78 is 5.77. The third-order valence-corrected chi connectivity index (χ3v) is 2.32. The van der Waals surface area contributed by atoms with E-state index < -0.39 is 0 Å². The van der Waals surface area contributed by atoms with Crippen molar-refractivity contribution in [2.45, 2.75) is 6.10 Å². The van der Waals surface area contributed by atoms with Crippen LogP contribution in [0.15, 0.2) is 53.6 Å². The quantitative estimate of drug-likeness (QED) is 0.606. The van der Waals surface area contributed by atoms with Crippen molar-refractivity contribution >= 4 is 11.4 Å². The fourth-order valence-corrected chi connectivity index (χ4v) is 1.64. The van der Waals surface area contributed by atoms with Crippen molar-refractivity contribution in [1.82, 2.24) is 0 Å². The lowest BCUT2D eigenvalue weighted by Crippen LogP contribution is -2.27. The zero-order chi connectivity index (χ0) is 9.38. The van der Waals surface area contributed by atoms with Gasteiger partial charge in [-0.1, -0.05) is 24.3 Å². The minimum atomic E-state index is -0.00472. The van der Waals surface area contributed by atoms with Crippen molar-refractivity contribution in [1.29, 1.82) is 0 Å². The molecule has 0 saturated heterocycles. The van der Waals surface area contributed by atoms with Gasteiger partial charge in [0, 0.05) is 0 Å². The molecule has 68 valence electrons. The maximum absolute atomic E-state index is 5.77. The highest BCUT2D eigenvalue weighted by Gasteiger charge is 2.20. The molecule has 1 heterocycles. The van der Waals surface area contributed by atoms with E-state index in [2.05, 4.69) is 4.99 Å². The van der Waals surface area contributed by atoms with Crippen LogP contribution in [0.1, 0.15) is 0 Å². The van der Waals surface area contributed by atoms with Gasteiger partial charge in [0.25, 0.3) is 0 Å². The maximum atomic E-state index is 5.77. The highest BCUT2D eigenvalue weighted by Crippen LogP contribution is 2.32. The van der Waals surface area contributed by atoms with Crippen molar-refractivity contribution in [3.05, 3.63) is 48.6 Å². The van der Waals surface area contributed by atoms with Gasteiger partial charge in [0.1, 0.15) is 11.4 Å². The lowest BCUT2D eigenvalue weighted by atomic mass is 10.1. The third-order valence-electron chi connectivity index (χ3n) is 2.32. The summed E-state index contributed by atoms with van der Waals surface area (Å²) in [7, 11) is 0. The Morgan fingerprint density at radius 3 is 3.07 bits per heavy atom. The van der Waals surface area contributed by atoms with Crippen LogP contribution in [-0.2, 0) is 0 Å². The number of allylic oxidation sites excluding steroid dienone is 2. The third kappa shape index (κ3) is 1.08. The van der Waals surface area contributed by atoms with E-state index in [1.807, 2.05) is 48.6 Å². The van der Waals surface area contributed by atoms with E-state index in [0.29, 0.717) is 0 Å². The van der Waals surface area contributed by atoms with Crippen molar-refractivity contribution in [2.75, 3.05) is 0 Å². The molecule has 1 aliphatic heterocycles. The van der Waals surface area contributed by atoms with Gasteiger partial charge in [0.15, 0.2) is 6.10 Å². The summed E-state index contributed by atoms with van der Waals surface area (Å²) in [5.41, 5.74) is 1.89. The lowest BCUT2D eigenvalue weighted by molar-refractivity contribution is 0.309. The molecule has 0 saturated carbocycles. The predicted octanol–water partition coefficient (Wildman–Crippen LogP) is 2.65. The summed E-state index contributed by atoms with van der Waals surface area (Å²) in [4.78, 5) is 4.52. The number of aliphatic imine (C=N–C) groups is 1. The van der Waals surface area contributed by atoms with Gasteiger partial charge >= 0.3 is 0 Å². The van der Waals surface area contributed by atoms with E-state index in [0.717, 1.165) is 17.1 Å². The van der Waals surface area contributed by atoms with Crippen molar-refractivity contribution in [3.8, 4) is 5.75 Å². The van der Waals surface area contributed by atoms with E-state index >= 15 is 0 Å². The Labute approximate surface area is 82.2 Å². The van der Waals surface area contributed by atoms with Crippen LogP contribution >= 0.6 is 0 Å². The van der Waals surface area contributed by atoms with Gasteiger partial charge in [-0.15, -0.1) is 0 Å². The van der Waals surface area contributed by atoms with Crippen LogP contribution in [0.25, 0.3) is 0 Å². The first-order chi connectivity index (χ1) is 6.93. The average molecular weight is 183 g/mol. The first-order valence-electron chi connectivity index (χ1n) is 4.63. The standard InChI is InChI=1S/C12H9NO/c1-3-7-11-9(5-1)13-10-6-2-4-8-12(10)14-11/h1-8,11H. The molecule has 3 rings (SSSR count). The number of para-hydroxylation sites is 2. The largest absolute Gasteiger partial charge is 0.478 e. The molecule has 0 N–H and O–H groups in total. The van der Waals surface area contributed by atoms with E-state index in [1.165, 1.54) is 0 Å². The molecule has 0 fully saturated rings. The topological polar surface area (TPSA) is 21.6 Å². The van der Waals surface area contributed by atoms with Crippen LogP contribution in [-0.4, -0.2) is 11.8 Å². The summed E-state index contributed by atoms with van der Waals surface area (Å²) in [6, 6.07) is 7.84. The summed E-state index contributed by atoms with van der Waals surface area (Å²) >= 11 is 0. The molecule has 14 heavy (non-hydrogen) atoms. The van der Waals surface area contributed by atoms with E-state index in [-0.39, 0.29) is 6.10 Å². The van der Waals surface area contributed by atoms with E-state index in [9.17, 15) is 0 Å². The lowest BCUT2D eigenvalue weighted by Gasteiger charge is -2.23. The Morgan fingerprint density at radius 2 is 2.07 bits per heavy atom. The smallest absolute Gasteiger partial charge is 0.159 e. The second-order valence-electron chi connectivity index (χ2n) is 3.29. The normalized spacial score (nSPS) is 22.0. The highest BCUT2D eigenvalue weighted by molar-refractivity contribution is 6.04. The molecule has 1 aliphatic carbocycles. The van der Waals surface area contributed by atoms with Gasteiger partial charge in [-0.2, -0.15) is 0 Å². The molecule has 0 radical (unpaired) electrons. The zero-order valence-electron chi connectivity index (χ0n) is 7.55. The predicted molar refractivity (Wildman–Crippen MR) is 56.2 cm³/mol. The van der Waals surface area contributed by atoms with Gasteiger partial charge in [-0.25, -0.2) is 4.99 Å². The number of nitrogens with zero attached hydrogens (tertiary/aromatic N) is 1. The molecule has 0 aromatic heterocycles. The van der Waals surface area contributed by atoms with Crippen LogP contribution in [0.3, 0.4) is 0 Å². The average Bonchev–Trinajstić information content (AvgIpc) is 2.26. The number of benzene rings is 1. The Bertz CT molecular complexity index is 457. The zero-order valence-corrected chi connectivity index (χ0v) is 7.55. The molecule has 2 nitrogen and oxygen atoms in total. The number of rotatable bonds is 0. The first-order valence-corrected chi connectivity index (χ1v) is 4.63. The SMILES string of the molecule is C1=CC2=Nc3ccccc3OC2C=C1. The molecule has 2 aliphatic rings. The second-order valence-corrected chi connectivity index (χ2v) is 3.29. The molecular weight excluding hydrogens is 174 g/mol.